The number of amides is 2. The number of hydrogen-bond donors (Lipinski definition) is 5. The number of aliphatic hydroxyl groups is 1. The van der Waals surface area contributed by atoms with E-state index in [1.807, 2.05) is 20.8 Å². The van der Waals surface area contributed by atoms with Crippen molar-refractivity contribution in [3.63, 3.8) is 0 Å². The van der Waals surface area contributed by atoms with Gasteiger partial charge in [0.1, 0.15) is 11.9 Å². The third-order valence-electron chi connectivity index (χ3n) is 8.60. The molecule has 4 rings (SSSR count). The van der Waals surface area contributed by atoms with Crippen LogP contribution in [0.5, 0.6) is 5.75 Å². The highest BCUT2D eigenvalue weighted by Crippen LogP contribution is 2.53. The molecule has 0 aliphatic heterocycles. The highest BCUT2D eigenvalue weighted by molar-refractivity contribution is 6.32. The monoisotopic (exact) mass is 603 g/mol. The summed E-state index contributed by atoms with van der Waals surface area (Å²) in [7, 11) is 6.02. The van der Waals surface area contributed by atoms with Crippen LogP contribution in [-0.4, -0.2) is 108 Å². The smallest absolute Gasteiger partial charge is 0.238 e. The van der Waals surface area contributed by atoms with Gasteiger partial charge in [0.2, 0.25) is 11.8 Å². The van der Waals surface area contributed by atoms with Crippen LogP contribution in [0, 0.1) is 23.7 Å². The molecule has 0 aromatic heterocycles. The van der Waals surface area contributed by atoms with Crippen LogP contribution >= 0.6 is 0 Å². The number of fused-ring (bicyclic) bond motifs is 3. The van der Waals surface area contributed by atoms with Gasteiger partial charge in [-0.15, -0.1) is 0 Å². The zero-order valence-electron chi connectivity index (χ0n) is 25.1. The van der Waals surface area contributed by atoms with Gasteiger partial charge in [-0.25, -0.2) is 4.39 Å². The molecule has 1 aromatic rings. The average molecular weight is 604 g/mol. The summed E-state index contributed by atoms with van der Waals surface area (Å²) in [4.78, 5) is 82.3. The van der Waals surface area contributed by atoms with Gasteiger partial charge in [0.15, 0.2) is 34.7 Å². The van der Waals surface area contributed by atoms with E-state index in [0.717, 1.165) is 0 Å². The Balaban J connectivity index is 1.85. The van der Waals surface area contributed by atoms with E-state index in [-0.39, 0.29) is 29.8 Å². The van der Waals surface area contributed by atoms with E-state index in [9.17, 15) is 39.0 Å². The van der Waals surface area contributed by atoms with Crippen LogP contribution in [0.2, 0.25) is 0 Å². The first kappa shape index (κ1) is 32.2. The lowest BCUT2D eigenvalue weighted by molar-refractivity contribution is -0.189. The van der Waals surface area contributed by atoms with Gasteiger partial charge < -0.3 is 31.5 Å². The van der Waals surface area contributed by atoms with E-state index in [0.29, 0.717) is 5.69 Å². The number of benzene rings is 1. The highest BCUT2D eigenvalue weighted by atomic mass is 19.1. The topological polar surface area (TPSA) is 199 Å². The summed E-state index contributed by atoms with van der Waals surface area (Å²) in [6, 6.07) is -0.142. The number of carbonyl (C=O) groups is 6. The first-order valence-corrected chi connectivity index (χ1v) is 13.8. The normalized spacial score (nSPS) is 30.5. The number of ketones is 4. The molecule has 43 heavy (non-hydrogen) atoms. The quantitative estimate of drug-likeness (QED) is 0.202. The van der Waals surface area contributed by atoms with Gasteiger partial charge in [0.05, 0.1) is 35.7 Å². The predicted molar refractivity (Wildman–Crippen MR) is 152 cm³/mol. The predicted octanol–water partition coefficient (Wildman–Crippen LogP) is -0.792. The minimum absolute atomic E-state index is 0.124. The Kier molecular flexibility index (Phi) is 8.05. The lowest BCUT2D eigenvalue weighted by atomic mass is 9.51. The minimum atomic E-state index is -3.21. The SMILES string of the molecule is CN(C)c1cc(NC(=O)CNC(C)(C)C)c(O)c2c1C[C@@H]1C(C2=O)C(=O)[C@]2(O)C(=O)C(C(N)=O)C(=O)[C@@H](N(C)C)[C@@H]2[C@@H]1F. The highest BCUT2D eigenvalue weighted by Gasteiger charge is 2.72. The maximum Gasteiger partial charge on any atom is 0.238 e. The molecule has 1 aromatic carbocycles. The molecule has 14 heteroatoms. The molecular weight excluding hydrogens is 565 g/mol. The number of hydrogen-bond acceptors (Lipinski definition) is 11. The van der Waals surface area contributed by atoms with Crippen LogP contribution in [0.4, 0.5) is 15.8 Å². The lowest BCUT2D eigenvalue weighted by Gasteiger charge is -2.54. The number of phenolic OH excluding ortho intramolecular Hbond substituents is 1. The van der Waals surface area contributed by atoms with Gasteiger partial charge >= 0.3 is 0 Å². The van der Waals surface area contributed by atoms with Crippen molar-refractivity contribution in [2.24, 2.45) is 29.4 Å². The number of likely N-dealkylation sites (N-methyl/N-ethyl adjacent to an activating group) is 1. The largest absolute Gasteiger partial charge is 0.505 e. The molecule has 2 fully saturated rings. The second kappa shape index (κ2) is 10.8. The number of aromatic hydroxyl groups is 1. The summed E-state index contributed by atoms with van der Waals surface area (Å²) in [5.74, 6) is -15.1. The molecule has 2 unspecified atom stereocenters. The Morgan fingerprint density at radius 1 is 1.12 bits per heavy atom. The molecule has 3 aliphatic carbocycles. The fourth-order valence-electron chi connectivity index (χ4n) is 6.65. The summed E-state index contributed by atoms with van der Waals surface area (Å²) in [5.41, 5.74) is 1.77. The van der Waals surface area contributed by atoms with Crippen LogP contribution in [0.25, 0.3) is 0 Å². The number of phenols is 1. The van der Waals surface area contributed by atoms with Crippen molar-refractivity contribution in [1.82, 2.24) is 10.2 Å². The Morgan fingerprint density at radius 3 is 2.23 bits per heavy atom. The molecule has 7 atom stereocenters. The number of alkyl halides is 1. The van der Waals surface area contributed by atoms with Gasteiger partial charge in [-0.3, -0.25) is 33.7 Å². The molecule has 0 saturated heterocycles. The van der Waals surface area contributed by atoms with Gasteiger partial charge in [-0.05, 0) is 52.9 Å². The molecule has 0 bridgehead atoms. The summed E-state index contributed by atoms with van der Waals surface area (Å²) in [6.45, 7) is 5.44. The molecule has 3 aliphatic rings. The molecule has 0 radical (unpaired) electrons. The van der Waals surface area contributed by atoms with Crippen molar-refractivity contribution >= 4 is 46.3 Å². The fourth-order valence-corrected chi connectivity index (χ4v) is 6.65. The third-order valence-corrected chi connectivity index (χ3v) is 8.60. The van der Waals surface area contributed by atoms with Gasteiger partial charge in [-0.2, -0.15) is 0 Å². The first-order valence-electron chi connectivity index (χ1n) is 13.8. The number of nitrogens with one attached hydrogen (secondary N) is 2. The molecule has 234 valence electrons. The van der Waals surface area contributed by atoms with E-state index < -0.39 is 87.7 Å². The fraction of sp³-hybridized carbons (Fsp3) is 0.586. The minimum Gasteiger partial charge on any atom is -0.505 e. The number of anilines is 2. The summed E-state index contributed by atoms with van der Waals surface area (Å²) < 4.78 is 16.6. The molecular formula is C29H38FN5O8. The Labute approximate surface area is 247 Å². The van der Waals surface area contributed by atoms with E-state index in [1.165, 1.54) is 25.1 Å². The van der Waals surface area contributed by atoms with Gasteiger partial charge in [-0.1, -0.05) is 0 Å². The Morgan fingerprint density at radius 2 is 1.72 bits per heavy atom. The number of halogens is 1. The van der Waals surface area contributed by atoms with E-state index in [2.05, 4.69) is 10.6 Å². The Hall–Kier alpha value is -3.75. The van der Waals surface area contributed by atoms with Gasteiger partial charge in [0.25, 0.3) is 0 Å². The zero-order chi connectivity index (χ0) is 32.5. The summed E-state index contributed by atoms with van der Waals surface area (Å²) in [6.07, 6.45) is -2.49. The molecule has 13 nitrogen and oxygen atoms in total. The van der Waals surface area contributed by atoms with Crippen molar-refractivity contribution in [3.05, 3.63) is 17.2 Å². The number of nitrogens with two attached hydrogens (primary N) is 1. The van der Waals surface area contributed by atoms with Crippen LogP contribution in [0.15, 0.2) is 6.07 Å². The number of rotatable bonds is 6. The zero-order valence-corrected chi connectivity index (χ0v) is 25.1. The van der Waals surface area contributed by atoms with Crippen molar-refractivity contribution in [1.29, 1.82) is 0 Å². The Bertz CT molecular complexity index is 1440. The third kappa shape index (κ3) is 5.00. The number of nitrogens with zero attached hydrogens (tertiary/aromatic N) is 2. The summed E-state index contributed by atoms with van der Waals surface area (Å²) in [5, 5.41) is 28.4. The molecule has 0 heterocycles. The summed E-state index contributed by atoms with van der Waals surface area (Å²) >= 11 is 0. The van der Waals surface area contributed by atoms with Crippen molar-refractivity contribution in [2.45, 2.75) is 50.5 Å². The molecule has 6 N–H and O–H groups in total. The number of carbonyl (C=O) groups excluding carboxylic acids is 6. The van der Waals surface area contributed by atoms with E-state index >= 15 is 4.39 Å². The van der Waals surface area contributed by atoms with Crippen molar-refractivity contribution < 1.29 is 43.4 Å². The van der Waals surface area contributed by atoms with Crippen LogP contribution in [-0.2, 0) is 30.4 Å². The standard InChI is InChI=1S/C29H38FN5O8/c1-28(2,3)32-10-15(36)33-13-9-14(34(4)5)11-8-12-17(23(38)16(11)22(13)37)25(40)29(43)19(20(12)30)21(35(6)7)24(39)18(26(29)41)27(31)42/h9,12,17-21,32,37,43H,8,10H2,1-7H3,(H2,31,42)(H,33,36)/t12-,17?,18?,19+,20-,21+,29+/m1/s1. The lowest BCUT2D eigenvalue weighted by Crippen LogP contribution is -2.77. The second-order valence-electron chi connectivity index (χ2n) is 13.0. The maximum absolute atomic E-state index is 16.6. The average Bonchev–Trinajstić information content (AvgIpc) is 2.88. The first-order chi connectivity index (χ1) is 19.7. The molecule has 2 saturated carbocycles. The van der Waals surface area contributed by atoms with Crippen LogP contribution in [0.3, 0.4) is 0 Å². The van der Waals surface area contributed by atoms with Crippen LogP contribution < -0.4 is 21.3 Å². The van der Waals surface area contributed by atoms with Crippen LogP contribution in [0.1, 0.15) is 36.7 Å². The van der Waals surface area contributed by atoms with Gasteiger partial charge in [0, 0.05) is 31.2 Å². The molecule has 2 amide bonds. The van der Waals surface area contributed by atoms with Crippen molar-refractivity contribution in [3.8, 4) is 5.75 Å². The van der Waals surface area contributed by atoms with Crippen molar-refractivity contribution in [2.75, 3.05) is 45.0 Å². The van der Waals surface area contributed by atoms with E-state index in [4.69, 9.17) is 5.73 Å². The second-order valence-corrected chi connectivity index (χ2v) is 13.0. The van der Waals surface area contributed by atoms with E-state index in [1.54, 1.807) is 19.0 Å². The number of primary amides is 1. The molecule has 0 spiro atoms. The number of Topliss-reactive ketones (excluding diaryl/α,β-unsaturated/α-hetero) is 4. The maximum atomic E-state index is 16.6.